The number of amidine groups is 1. The predicted molar refractivity (Wildman–Crippen MR) is 113 cm³/mol. The van der Waals surface area contributed by atoms with Crippen molar-refractivity contribution in [2.24, 2.45) is 5.73 Å². The van der Waals surface area contributed by atoms with Gasteiger partial charge in [-0.2, -0.15) is 0 Å². The molecule has 1 amide bonds. The Labute approximate surface area is 171 Å². The second-order valence-electron chi connectivity index (χ2n) is 7.01. The van der Waals surface area contributed by atoms with Crippen LogP contribution in [0.25, 0.3) is 0 Å². The summed E-state index contributed by atoms with van der Waals surface area (Å²) >= 11 is 0. The van der Waals surface area contributed by atoms with Crippen molar-refractivity contribution < 1.29 is 9.90 Å². The number of likely N-dealkylation sites (tertiary alicyclic amines) is 1. The highest BCUT2D eigenvalue weighted by Crippen LogP contribution is 2.19. The molecule has 28 heavy (non-hydrogen) atoms. The summed E-state index contributed by atoms with van der Waals surface area (Å²) < 4.78 is 0. The lowest BCUT2D eigenvalue weighted by molar-refractivity contribution is 0.0792. The molecule has 0 bridgehead atoms. The maximum atomic E-state index is 12.6. The van der Waals surface area contributed by atoms with Crippen LogP contribution in [0.2, 0.25) is 0 Å². The van der Waals surface area contributed by atoms with Crippen molar-refractivity contribution >= 4 is 24.1 Å². The second kappa shape index (κ2) is 9.57. The molecule has 0 aromatic heterocycles. The summed E-state index contributed by atoms with van der Waals surface area (Å²) in [4.78, 5) is 14.5. The molecular formula is C21H27ClN4O2. The highest BCUT2D eigenvalue weighted by atomic mass is 35.5. The minimum absolute atomic E-state index is 0. The van der Waals surface area contributed by atoms with Gasteiger partial charge in [0.15, 0.2) is 0 Å². The van der Waals surface area contributed by atoms with E-state index in [4.69, 9.17) is 11.1 Å². The van der Waals surface area contributed by atoms with Crippen LogP contribution in [0.3, 0.4) is 0 Å². The summed E-state index contributed by atoms with van der Waals surface area (Å²) in [6.07, 6.45) is 2.18. The molecule has 7 heteroatoms. The van der Waals surface area contributed by atoms with Crippen LogP contribution in [0.15, 0.2) is 36.4 Å². The molecule has 0 spiro atoms. The largest absolute Gasteiger partial charge is 0.508 e. The molecule has 0 aliphatic carbocycles. The Balaban J connectivity index is 0.00000280. The number of hydrogen-bond acceptors (Lipinski definition) is 4. The highest BCUT2D eigenvalue weighted by Gasteiger charge is 2.20. The van der Waals surface area contributed by atoms with Gasteiger partial charge in [-0.15, -0.1) is 12.4 Å². The van der Waals surface area contributed by atoms with Gasteiger partial charge in [0.1, 0.15) is 11.6 Å². The normalized spacial score (nSPS) is 13.2. The van der Waals surface area contributed by atoms with Gasteiger partial charge in [0.25, 0.3) is 5.91 Å². The summed E-state index contributed by atoms with van der Waals surface area (Å²) in [7, 11) is 0. The number of nitrogens with one attached hydrogen (secondary N) is 2. The molecule has 1 heterocycles. The molecular weight excluding hydrogens is 376 g/mol. The summed E-state index contributed by atoms with van der Waals surface area (Å²) in [5.74, 6) is 0.274. The third kappa shape index (κ3) is 5.03. The van der Waals surface area contributed by atoms with Gasteiger partial charge in [-0.25, -0.2) is 0 Å². The van der Waals surface area contributed by atoms with Crippen LogP contribution in [-0.4, -0.2) is 34.8 Å². The SMILES string of the molecule is Cc1cc(CNCc2cc(C(=N)N)ccc2O)ccc1C(=O)N1CCCC1.Cl. The van der Waals surface area contributed by atoms with Gasteiger partial charge in [0, 0.05) is 42.9 Å². The van der Waals surface area contributed by atoms with E-state index in [0.29, 0.717) is 24.2 Å². The Hall–Kier alpha value is -2.57. The Morgan fingerprint density at radius 2 is 1.89 bits per heavy atom. The standard InChI is InChI=1S/C21H26N4O2.ClH/c1-14-10-15(4-6-18(14)21(27)25-8-2-3-9-25)12-24-13-17-11-16(20(22)23)5-7-19(17)26;/h4-7,10-11,24,26H,2-3,8-9,12-13H2,1H3,(H3,22,23);1H. The number of carbonyl (C=O) groups is 1. The van der Waals surface area contributed by atoms with E-state index in [2.05, 4.69) is 5.32 Å². The highest BCUT2D eigenvalue weighted by molar-refractivity contribution is 5.96. The maximum Gasteiger partial charge on any atom is 0.254 e. The van der Waals surface area contributed by atoms with E-state index in [1.807, 2.05) is 30.0 Å². The zero-order valence-corrected chi connectivity index (χ0v) is 16.8. The van der Waals surface area contributed by atoms with Crippen LogP contribution in [0.4, 0.5) is 0 Å². The molecule has 2 aromatic rings. The van der Waals surface area contributed by atoms with Crippen molar-refractivity contribution in [1.29, 1.82) is 5.41 Å². The van der Waals surface area contributed by atoms with Gasteiger partial charge in [-0.3, -0.25) is 10.2 Å². The quantitative estimate of drug-likeness (QED) is 0.440. The van der Waals surface area contributed by atoms with Crippen molar-refractivity contribution in [3.8, 4) is 5.75 Å². The molecule has 1 fully saturated rings. The molecule has 2 aromatic carbocycles. The number of hydrogen-bond donors (Lipinski definition) is 4. The van der Waals surface area contributed by atoms with Crippen molar-refractivity contribution in [3.05, 3.63) is 64.2 Å². The van der Waals surface area contributed by atoms with Crippen molar-refractivity contribution in [1.82, 2.24) is 10.2 Å². The van der Waals surface area contributed by atoms with E-state index in [1.54, 1.807) is 18.2 Å². The number of phenols is 1. The number of nitrogens with zero attached hydrogens (tertiary/aromatic N) is 1. The lowest BCUT2D eigenvalue weighted by Crippen LogP contribution is -2.28. The first kappa shape index (κ1) is 21.7. The number of halogens is 1. The molecule has 0 radical (unpaired) electrons. The number of nitrogen functional groups attached to an aromatic ring is 1. The van der Waals surface area contributed by atoms with E-state index in [-0.39, 0.29) is 29.9 Å². The fourth-order valence-electron chi connectivity index (χ4n) is 3.40. The van der Waals surface area contributed by atoms with Crippen LogP contribution in [0.1, 0.15) is 45.5 Å². The number of aryl methyl sites for hydroxylation is 1. The molecule has 0 unspecified atom stereocenters. The number of amides is 1. The van der Waals surface area contributed by atoms with Crippen molar-refractivity contribution in [2.45, 2.75) is 32.9 Å². The Morgan fingerprint density at radius 3 is 2.54 bits per heavy atom. The zero-order chi connectivity index (χ0) is 19.4. The Bertz CT molecular complexity index is 863. The number of carbonyl (C=O) groups excluding carboxylic acids is 1. The first-order chi connectivity index (χ1) is 13.0. The first-order valence-electron chi connectivity index (χ1n) is 9.21. The summed E-state index contributed by atoms with van der Waals surface area (Å²) in [5, 5.41) is 20.8. The molecule has 5 N–H and O–H groups in total. The van der Waals surface area contributed by atoms with Crippen LogP contribution in [0.5, 0.6) is 5.75 Å². The molecule has 0 atom stereocenters. The summed E-state index contributed by atoms with van der Waals surface area (Å²) in [5.41, 5.74) is 9.61. The van der Waals surface area contributed by atoms with E-state index in [1.165, 1.54) is 0 Å². The fourth-order valence-corrected chi connectivity index (χ4v) is 3.40. The average molecular weight is 403 g/mol. The van der Waals surface area contributed by atoms with Crippen LogP contribution in [-0.2, 0) is 13.1 Å². The van der Waals surface area contributed by atoms with E-state index in [0.717, 1.165) is 42.6 Å². The Kier molecular flexibility index (Phi) is 7.43. The van der Waals surface area contributed by atoms with E-state index in [9.17, 15) is 9.90 Å². The Morgan fingerprint density at radius 1 is 1.18 bits per heavy atom. The molecule has 3 rings (SSSR count). The number of nitrogens with two attached hydrogens (primary N) is 1. The zero-order valence-electron chi connectivity index (χ0n) is 16.0. The van der Waals surface area contributed by atoms with Crippen molar-refractivity contribution in [2.75, 3.05) is 13.1 Å². The van der Waals surface area contributed by atoms with Gasteiger partial charge >= 0.3 is 0 Å². The van der Waals surface area contributed by atoms with Gasteiger partial charge < -0.3 is 21.1 Å². The van der Waals surface area contributed by atoms with Gasteiger partial charge in [0.2, 0.25) is 0 Å². The molecule has 1 aliphatic heterocycles. The van der Waals surface area contributed by atoms with Crippen molar-refractivity contribution in [3.63, 3.8) is 0 Å². The first-order valence-corrected chi connectivity index (χ1v) is 9.21. The predicted octanol–water partition coefficient (Wildman–Crippen LogP) is 2.93. The average Bonchev–Trinajstić information content (AvgIpc) is 3.17. The van der Waals surface area contributed by atoms with E-state index < -0.39 is 0 Å². The van der Waals surface area contributed by atoms with E-state index >= 15 is 0 Å². The molecule has 0 saturated carbocycles. The third-order valence-electron chi connectivity index (χ3n) is 4.95. The minimum atomic E-state index is -0.0230. The van der Waals surface area contributed by atoms with Crippen LogP contribution in [0, 0.1) is 12.3 Å². The van der Waals surface area contributed by atoms with Gasteiger partial charge in [-0.05, 0) is 55.2 Å². The fraction of sp³-hybridized carbons (Fsp3) is 0.333. The number of phenolic OH excluding ortho intramolecular Hbond substituents is 1. The number of rotatable bonds is 6. The van der Waals surface area contributed by atoms with Crippen LogP contribution < -0.4 is 11.1 Å². The monoisotopic (exact) mass is 402 g/mol. The third-order valence-corrected chi connectivity index (χ3v) is 4.95. The summed E-state index contributed by atoms with van der Waals surface area (Å²) in [6, 6.07) is 10.8. The minimum Gasteiger partial charge on any atom is -0.508 e. The smallest absolute Gasteiger partial charge is 0.254 e. The second-order valence-corrected chi connectivity index (χ2v) is 7.01. The maximum absolute atomic E-state index is 12.6. The lowest BCUT2D eigenvalue weighted by Gasteiger charge is -2.17. The molecule has 150 valence electrons. The summed E-state index contributed by atoms with van der Waals surface area (Å²) in [6.45, 7) is 4.74. The van der Waals surface area contributed by atoms with Crippen LogP contribution >= 0.6 is 12.4 Å². The topological polar surface area (TPSA) is 102 Å². The molecule has 6 nitrogen and oxygen atoms in total. The van der Waals surface area contributed by atoms with Gasteiger partial charge in [-0.1, -0.05) is 12.1 Å². The lowest BCUT2D eigenvalue weighted by atomic mass is 10.0. The number of aromatic hydroxyl groups is 1. The molecule has 1 aliphatic rings. The molecule has 1 saturated heterocycles. The number of benzene rings is 2. The van der Waals surface area contributed by atoms with Gasteiger partial charge in [0.05, 0.1) is 0 Å².